The first-order chi connectivity index (χ1) is 13.6. The third-order valence-corrected chi connectivity index (χ3v) is 4.45. The summed E-state index contributed by atoms with van der Waals surface area (Å²) in [7, 11) is 1.70. The number of benzene rings is 2. The molecule has 156 valence electrons. The van der Waals surface area contributed by atoms with Crippen LogP contribution >= 0.6 is 24.0 Å². The van der Waals surface area contributed by atoms with Crippen molar-refractivity contribution >= 4 is 35.8 Å². The molecule has 1 heterocycles. The summed E-state index contributed by atoms with van der Waals surface area (Å²) in [6, 6.07) is 14.0. The molecule has 1 unspecified atom stereocenters. The van der Waals surface area contributed by atoms with Crippen LogP contribution in [0.1, 0.15) is 11.1 Å². The molecule has 29 heavy (non-hydrogen) atoms. The Morgan fingerprint density at radius 3 is 2.55 bits per heavy atom. The number of hydrogen-bond donors (Lipinski definition) is 3. The SMILES string of the molecule is CN=C(NCCNC(=O)Cc1ccc(F)cc1)NCC1Cc2ccccc2O1.I. The molecule has 6 nitrogen and oxygen atoms in total. The van der Waals surface area contributed by atoms with E-state index in [4.69, 9.17) is 4.74 Å². The monoisotopic (exact) mass is 512 g/mol. The first-order valence-corrected chi connectivity index (χ1v) is 9.34. The van der Waals surface area contributed by atoms with E-state index < -0.39 is 0 Å². The van der Waals surface area contributed by atoms with Gasteiger partial charge in [0.05, 0.1) is 13.0 Å². The van der Waals surface area contributed by atoms with Gasteiger partial charge in [-0.25, -0.2) is 4.39 Å². The van der Waals surface area contributed by atoms with Gasteiger partial charge in [-0.15, -0.1) is 24.0 Å². The van der Waals surface area contributed by atoms with Crippen LogP contribution in [-0.4, -0.2) is 44.7 Å². The van der Waals surface area contributed by atoms with Crippen LogP contribution in [0.3, 0.4) is 0 Å². The molecule has 0 saturated heterocycles. The van der Waals surface area contributed by atoms with E-state index in [0.717, 1.165) is 17.7 Å². The van der Waals surface area contributed by atoms with Gasteiger partial charge in [-0.2, -0.15) is 0 Å². The van der Waals surface area contributed by atoms with Gasteiger partial charge >= 0.3 is 0 Å². The lowest BCUT2D eigenvalue weighted by Crippen LogP contribution is -2.44. The maximum Gasteiger partial charge on any atom is 0.224 e. The minimum absolute atomic E-state index is 0. The molecule has 0 saturated carbocycles. The third-order valence-electron chi connectivity index (χ3n) is 4.45. The van der Waals surface area contributed by atoms with Crippen LogP contribution in [0.2, 0.25) is 0 Å². The van der Waals surface area contributed by atoms with Gasteiger partial charge in [-0.05, 0) is 29.3 Å². The minimum atomic E-state index is -0.306. The molecule has 0 fully saturated rings. The van der Waals surface area contributed by atoms with Gasteiger partial charge in [-0.1, -0.05) is 30.3 Å². The highest BCUT2D eigenvalue weighted by atomic mass is 127. The molecular weight excluding hydrogens is 486 g/mol. The van der Waals surface area contributed by atoms with E-state index in [-0.39, 0.29) is 48.2 Å². The van der Waals surface area contributed by atoms with E-state index in [2.05, 4.69) is 27.0 Å². The van der Waals surface area contributed by atoms with Crippen molar-refractivity contribution in [3.8, 4) is 5.75 Å². The van der Waals surface area contributed by atoms with E-state index in [9.17, 15) is 9.18 Å². The van der Waals surface area contributed by atoms with Crippen LogP contribution in [0.25, 0.3) is 0 Å². The fourth-order valence-corrected chi connectivity index (χ4v) is 3.03. The Kier molecular flexibility index (Phi) is 9.17. The number of nitrogens with zero attached hydrogens (tertiary/aromatic N) is 1. The summed E-state index contributed by atoms with van der Waals surface area (Å²) >= 11 is 0. The quantitative estimate of drug-likeness (QED) is 0.231. The summed E-state index contributed by atoms with van der Waals surface area (Å²) < 4.78 is 18.8. The summed E-state index contributed by atoms with van der Waals surface area (Å²) in [4.78, 5) is 16.1. The molecule has 1 aliphatic heterocycles. The zero-order valence-electron chi connectivity index (χ0n) is 16.3. The minimum Gasteiger partial charge on any atom is -0.488 e. The first-order valence-electron chi connectivity index (χ1n) is 9.34. The molecule has 2 aromatic rings. The number of nitrogens with one attached hydrogen (secondary N) is 3. The van der Waals surface area contributed by atoms with E-state index in [1.807, 2.05) is 18.2 Å². The predicted octanol–water partition coefficient (Wildman–Crippen LogP) is 2.27. The average molecular weight is 512 g/mol. The Bertz CT molecular complexity index is 805. The van der Waals surface area contributed by atoms with Gasteiger partial charge in [0, 0.05) is 26.6 Å². The van der Waals surface area contributed by atoms with Crippen LogP contribution < -0.4 is 20.7 Å². The van der Waals surface area contributed by atoms with Gasteiger partial charge in [0.1, 0.15) is 17.7 Å². The molecule has 0 bridgehead atoms. The molecular formula is C21H26FIN4O2. The zero-order valence-corrected chi connectivity index (χ0v) is 18.6. The van der Waals surface area contributed by atoms with E-state index in [0.29, 0.717) is 25.6 Å². The Labute approximate surface area is 187 Å². The highest BCUT2D eigenvalue weighted by Gasteiger charge is 2.22. The fourth-order valence-electron chi connectivity index (χ4n) is 3.03. The molecule has 2 aromatic carbocycles. The number of carbonyl (C=O) groups excluding carboxylic acids is 1. The molecule has 1 aliphatic rings. The van der Waals surface area contributed by atoms with Gasteiger partial charge < -0.3 is 20.7 Å². The molecule has 1 amide bonds. The van der Waals surface area contributed by atoms with Gasteiger partial charge in [-0.3, -0.25) is 9.79 Å². The predicted molar refractivity (Wildman–Crippen MR) is 122 cm³/mol. The van der Waals surface area contributed by atoms with E-state index in [1.54, 1.807) is 19.2 Å². The second-order valence-electron chi connectivity index (χ2n) is 6.58. The summed E-state index contributed by atoms with van der Waals surface area (Å²) in [6.07, 6.45) is 1.18. The number of fused-ring (bicyclic) bond motifs is 1. The number of amides is 1. The van der Waals surface area contributed by atoms with Crippen molar-refractivity contribution in [2.45, 2.75) is 18.9 Å². The molecule has 8 heteroatoms. The van der Waals surface area contributed by atoms with Crippen molar-refractivity contribution in [1.82, 2.24) is 16.0 Å². The molecule has 0 spiro atoms. The topological polar surface area (TPSA) is 74.8 Å². The number of rotatable bonds is 7. The molecule has 0 aliphatic carbocycles. The lowest BCUT2D eigenvalue weighted by atomic mass is 10.1. The molecule has 3 rings (SSSR count). The van der Waals surface area contributed by atoms with Crippen molar-refractivity contribution in [3.63, 3.8) is 0 Å². The van der Waals surface area contributed by atoms with Crippen molar-refractivity contribution < 1.29 is 13.9 Å². The Morgan fingerprint density at radius 1 is 1.10 bits per heavy atom. The maximum absolute atomic E-state index is 12.9. The lowest BCUT2D eigenvalue weighted by Gasteiger charge is -2.15. The highest BCUT2D eigenvalue weighted by molar-refractivity contribution is 14.0. The number of ether oxygens (including phenoxy) is 1. The van der Waals surface area contributed by atoms with Gasteiger partial charge in [0.25, 0.3) is 0 Å². The second-order valence-corrected chi connectivity index (χ2v) is 6.58. The number of guanidine groups is 1. The standard InChI is InChI=1S/C21H25FN4O2.HI/c1-23-21(26-14-18-13-16-4-2-3-5-19(16)28-18)25-11-10-24-20(27)12-15-6-8-17(22)9-7-15;/h2-9,18H,10-14H2,1H3,(H,24,27)(H2,23,25,26);1H. The van der Waals surface area contributed by atoms with Crippen molar-refractivity contribution in [2.75, 3.05) is 26.7 Å². The van der Waals surface area contributed by atoms with Crippen LogP contribution in [0, 0.1) is 5.82 Å². The molecule has 1 atom stereocenters. The van der Waals surface area contributed by atoms with Crippen LogP contribution in [0.5, 0.6) is 5.75 Å². The van der Waals surface area contributed by atoms with Crippen LogP contribution in [0.4, 0.5) is 4.39 Å². The number of carbonyl (C=O) groups is 1. The van der Waals surface area contributed by atoms with E-state index >= 15 is 0 Å². The fraction of sp³-hybridized carbons (Fsp3) is 0.333. The summed E-state index contributed by atoms with van der Waals surface area (Å²) in [5, 5.41) is 9.24. The van der Waals surface area contributed by atoms with E-state index in [1.165, 1.54) is 17.7 Å². The zero-order chi connectivity index (χ0) is 19.8. The van der Waals surface area contributed by atoms with Crippen molar-refractivity contribution in [3.05, 3.63) is 65.5 Å². The Hall–Kier alpha value is -2.36. The lowest BCUT2D eigenvalue weighted by molar-refractivity contribution is -0.120. The molecule has 0 aromatic heterocycles. The van der Waals surface area contributed by atoms with Crippen LogP contribution in [0.15, 0.2) is 53.5 Å². The van der Waals surface area contributed by atoms with Crippen LogP contribution in [-0.2, 0) is 17.6 Å². The first kappa shape index (κ1) is 22.9. The molecule has 3 N–H and O–H groups in total. The maximum atomic E-state index is 12.9. The van der Waals surface area contributed by atoms with Gasteiger partial charge in [0.15, 0.2) is 5.96 Å². The summed E-state index contributed by atoms with van der Waals surface area (Å²) in [5.74, 6) is 1.20. The largest absolute Gasteiger partial charge is 0.488 e. The molecule has 0 radical (unpaired) electrons. The summed E-state index contributed by atoms with van der Waals surface area (Å²) in [5.41, 5.74) is 2.00. The van der Waals surface area contributed by atoms with Gasteiger partial charge in [0.2, 0.25) is 5.91 Å². The highest BCUT2D eigenvalue weighted by Crippen LogP contribution is 2.27. The third kappa shape index (κ3) is 7.19. The number of halogens is 2. The van der Waals surface area contributed by atoms with Crippen molar-refractivity contribution in [1.29, 1.82) is 0 Å². The Morgan fingerprint density at radius 2 is 1.83 bits per heavy atom. The second kappa shape index (κ2) is 11.6. The average Bonchev–Trinajstić information content (AvgIpc) is 3.12. The number of aliphatic imine (C=N–C) groups is 1. The normalized spacial score (nSPS) is 15.0. The summed E-state index contributed by atoms with van der Waals surface area (Å²) in [6.45, 7) is 1.65. The smallest absolute Gasteiger partial charge is 0.224 e. The number of para-hydroxylation sites is 1. The number of hydrogen-bond acceptors (Lipinski definition) is 3. The Balaban J connectivity index is 0.00000300. The van der Waals surface area contributed by atoms with Crippen molar-refractivity contribution in [2.24, 2.45) is 4.99 Å².